The van der Waals surface area contributed by atoms with Crippen molar-refractivity contribution in [1.82, 2.24) is 19.9 Å². The molecule has 8 aromatic rings. The van der Waals surface area contributed by atoms with Crippen LogP contribution < -0.4 is 0 Å². The number of aromatic nitrogens is 4. The predicted molar refractivity (Wildman–Crippen MR) is 219 cm³/mol. The van der Waals surface area contributed by atoms with E-state index in [9.17, 15) is 0 Å². The minimum absolute atomic E-state index is 0.275. The highest BCUT2D eigenvalue weighted by atomic mass is 14.9. The van der Waals surface area contributed by atoms with E-state index < -0.39 is 0 Å². The van der Waals surface area contributed by atoms with Crippen LogP contribution in [0.25, 0.3) is 77.9 Å². The zero-order chi connectivity index (χ0) is 35.3. The first kappa shape index (κ1) is 31.2. The number of rotatable bonds is 5. The van der Waals surface area contributed by atoms with Crippen LogP contribution in [0, 0.1) is 5.92 Å². The highest BCUT2D eigenvalue weighted by Gasteiger charge is 2.22. The number of allylic oxidation sites excluding steroid dienone is 5. The molecule has 53 heavy (non-hydrogen) atoms. The Hall–Kier alpha value is -6.52. The Morgan fingerprint density at radius 1 is 0.585 bits per heavy atom. The Labute approximate surface area is 309 Å². The summed E-state index contributed by atoms with van der Waals surface area (Å²) < 4.78 is 0. The fraction of sp³-hybridized carbons (Fsp3) is 0.102. The van der Waals surface area contributed by atoms with Gasteiger partial charge in [-0.1, -0.05) is 146 Å². The third-order valence-corrected chi connectivity index (χ3v) is 10.8. The second-order valence-electron chi connectivity index (χ2n) is 14.3. The minimum atomic E-state index is 0.275. The van der Waals surface area contributed by atoms with Gasteiger partial charge in [-0.05, 0) is 70.3 Å². The summed E-state index contributed by atoms with van der Waals surface area (Å²) >= 11 is 0. The first-order valence-electron chi connectivity index (χ1n) is 18.5. The lowest BCUT2D eigenvalue weighted by atomic mass is 9.84. The number of pyridine rings is 2. The van der Waals surface area contributed by atoms with Crippen LogP contribution in [0.3, 0.4) is 0 Å². The molecule has 0 N–H and O–H groups in total. The Balaban J connectivity index is 0.957. The molecule has 252 valence electrons. The van der Waals surface area contributed by atoms with Crippen LogP contribution in [-0.2, 0) is 6.42 Å². The minimum Gasteiger partial charge on any atom is -0.254 e. The van der Waals surface area contributed by atoms with Crippen molar-refractivity contribution in [3.05, 3.63) is 181 Å². The zero-order valence-corrected chi connectivity index (χ0v) is 29.4. The molecular weight excluding hydrogens is 645 g/mol. The van der Waals surface area contributed by atoms with E-state index >= 15 is 0 Å². The zero-order valence-electron chi connectivity index (χ0n) is 29.4. The molecule has 2 unspecified atom stereocenters. The van der Waals surface area contributed by atoms with Gasteiger partial charge in [-0.15, -0.1) is 0 Å². The molecular formula is C49H36N4. The smallest absolute Gasteiger partial charge is 0.160 e. The third kappa shape index (κ3) is 5.64. The molecule has 0 spiro atoms. The number of nitrogens with zero attached hydrogens (tertiary/aromatic N) is 4. The van der Waals surface area contributed by atoms with Crippen molar-refractivity contribution < 1.29 is 0 Å². The molecule has 2 aliphatic carbocycles. The van der Waals surface area contributed by atoms with E-state index in [2.05, 4.69) is 146 Å². The molecule has 2 atom stereocenters. The van der Waals surface area contributed by atoms with Crippen LogP contribution >= 0.6 is 0 Å². The van der Waals surface area contributed by atoms with E-state index in [0.717, 1.165) is 73.9 Å². The summed E-state index contributed by atoms with van der Waals surface area (Å²) in [6.07, 6.45) is 15.0. The van der Waals surface area contributed by atoms with Gasteiger partial charge in [-0.2, -0.15) is 0 Å². The van der Waals surface area contributed by atoms with E-state index in [1.165, 1.54) is 33.4 Å². The quantitative estimate of drug-likeness (QED) is 0.170. The van der Waals surface area contributed by atoms with Crippen molar-refractivity contribution in [2.45, 2.75) is 25.7 Å². The number of hydrogen-bond acceptors (Lipinski definition) is 4. The van der Waals surface area contributed by atoms with E-state index in [1.54, 1.807) is 0 Å². The number of benzene rings is 5. The van der Waals surface area contributed by atoms with Gasteiger partial charge in [0.15, 0.2) is 5.82 Å². The van der Waals surface area contributed by atoms with Gasteiger partial charge in [0.25, 0.3) is 0 Å². The van der Waals surface area contributed by atoms with Crippen molar-refractivity contribution >= 4 is 44.4 Å². The highest BCUT2D eigenvalue weighted by Crippen LogP contribution is 2.40. The maximum absolute atomic E-state index is 5.18. The lowest BCUT2D eigenvalue weighted by Gasteiger charge is -2.22. The Kier molecular flexibility index (Phi) is 7.61. The van der Waals surface area contributed by atoms with E-state index in [-0.39, 0.29) is 5.92 Å². The van der Waals surface area contributed by atoms with Gasteiger partial charge >= 0.3 is 0 Å². The summed E-state index contributed by atoms with van der Waals surface area (Å²) in [4.78, 5) is 20.1. The third-order valence-electron chi connectivity index (χ3n) is 10.8. The van der Waals surface area contributed by atoms with Crippen LogP contribution in [0.2, 0.25) is 0 Å². The molecule has 0 saturated carbocycles. The molecule has 3 aromatic heterocycles. The second-order valence-corrected chi connectivity index (χ2v) is 14.3. The molecule has 4 heteroatoms. The second kappa shape index (κ2) is 12.9. The molecule has 3 heterocycles. The topological polar surface area (TPSA) is 51.6 Å². The summed E-state index contributed by atoms with van der Waals surface area (Å²) in [6.45, 7) is 2.28. The van der Waals surface area contributed by atoms with Crippen molar-refractivity contribution in [3.8, 4) is 33.5 Å². The van der Waals surface area contributed by atoms with Crippen molar-refractivity contribution in [3.63, 3.8) is 0 Å². The molecule has 5 aromatic carbocycles. The summed E-state index contributed by atoms with van der Waals surface area (Å²) in [5, 5.41) is 3.33. The molecule has 0 saturated heterocycles. The largest absolute Gasteiger partial charge is 0.254 e. The number of fused-ring (bicyclic) bond motifs is 5. The average Bonchev–Trinajstić information content (AvgIpc) is 3.23. The lowest BCUT2D eigenvalue weighted by Crippen LogP contribution is -2.08. The molecule has 0 bridgehead atoms. The Bertz CT molecular complexity index is 2780. The summed E-state index contributed by atoms with van der Waals surface area (Å²) in [5.74, 6) is 1.50. The van der Waals surface area contributed by atoms with Gasteiger partial charge < -0.3 is 0 Å². The predicted octanol–water partition coefficient (Wildman–Crippen LogP) is 12.1. The van der Waals surface area contributed by atoms with Gasteiger partial charge in [0.05, 0.1) is 27.9 Å². The van der Waals surface area contributed by atoms with Gasteiger partial charge in [-0.25, -0.2) is 15.0 Å². The fourth-order valence-electron chi connectivity index (χ4n) is 8.05. The monoisotopic (exact) mass is 680 g/mol. The first-order chi connectivity index (χ1) is 26.2. The molecule has 0 fully saturated rings. The fourth-order valence-corrected chi connectivity index (χ4v) is 8.05. The van der Waals surface area contributed by atoms with Crippen molar-refractivity contribution in [1.29, 1.82) is 0 Å². The van der Waals surface area contributed by atoms with Gasteiger partial charge in [0.2, 0.25) is 0 Å². The SMILES string of the molecule is CC1C=Cc2nc3c(ccc4cccnc43)c(-c3ccc(C4C=CC(c5nc(-c6ccc(-c7ccccc7)cc6)c6ccccc6n5)=CC4)cc3)c2C1. The van der Waals surface area contributed by atoms with Gasteiger partial charge in [0, 0.05) is 39.4 Å². The summed E-state index contributed by atoms with van der Waals surface area (Å²) in [5.41, 5.74) is 14.5. The highest BCUT2D eigenvalue weighted by molar-refractivity contribution is 6.09. The average molecular weight is 681 g/mol. The van der Waals surface area contributed by atoms with Crippen LogP contribution in [-0.4, -0.2) is 19.9 Å². The normalized spacial score (nSPS) is 16.6. The lowest BCUT2D eigenvalue weighted by molar-refractivity contribution is 0.715. The molecule has 0 aliphatic heterocycles. The Morgan fingerprint density at radius 2 is 1.36 bits per heavy atom. The van der Waals surface area contributed by atoms with E-state index in [4.69, 9.17) is 19.9 Å². The summed E-state index contributed by atoms with van der Waals surface area (Å²) in [6, 6.07) is 45.2. The Morgan fingerprint density at radius 3 is 2.19 bits per heavy atom. The molecule has 10 rings (SSSR count). The van der Waals surface area contributed by atoms with Crippen LogP contribution in [0.5, 0.6) is 0 Å². The van der Waals surface area contributed by atoms with Crippen LogP contribution in [0.15, 0.2) is 158 Å². The van der Waals surface area contributed by atoms with E-state index in [0.29, 0.717) is 5.92 Å². The van der Waals surface area contributed by atoms with Crippen molar-refractivity contribution in [2.24, 2.45) is 5.92 Å². The number of para-hydroxylation sites is 1. The molecule has 0 radical (unpaired) electrons. The maximum Gasteiger partial charge on any atom is 0.160 e. The van der Waals surface area contributed by atoms with Gasteiger partial charge in [-0.3, -0.25) is 4.98 Å². The molecule has 4 nitrogen and oxygen atoms in total. The van der Waals surface area contributed by atoms with Crippen LogP contribution in [0.1, 0.15) is 41.9 Å². The number of hydrogen-bond donors (Lipinski definition) is 0. The molecule has 0 amide bonds. The first-order valence-corrected chi connectivity index (χ1v) is 18.5. The standard InChI is InChI=1S/C49H36N4/c1-31-13-28-44-42(30-31)45(41-27-26-37-10-7-29-50-47(37)48(41)51-44)36-20-14-34(15-21-36)35-18-24-39(25-19-35)49-52-43-12-6-5-11-40(43)46(53-49)38-22-16-33(17-23-38)32-8-3-2-4-9-32/h2-18,20-29,31,35H,19,30H2,1H3. The molecule has 2 aliphatic rings. The maximum atomic E-state index is 5.18. The summed E-state index contributed by atoms with van der Waals surface area (Å²) in [7, 11) is 0. The van der Waals surface area contributed by atoms with Gasteiger partial charge in [0.1, 0.15) is 0 Å². The van der Waals surface area contributed by atoms with E-state index in [1.807, 2.05) is 24.4 Å². The van der Waals surface area contributed by atoms with Crippen LogP contribution in [0.4, 0.5) is 0 Å². The van der Waals surface area contributed by atoms with Crippen molar-refractivity contribution in [2.75, 3.05) is 0 Å².